The van der Waals surface area contributed by atoms with Crippen molar-refractivity contribution in [2.75, 3.05) is 7.11 Å². The van der Waals surface area contributed by atoms with Gasteiger partial charge in [-0.3, -0.25) is 0 Å². The fraction of sp³-hybridized carbons (Fsp3) is 0.300. The van der Waals surface area contributed by atoms with E-state index in [1.165, 1.54) is 5.56 Å². The average molecular weight is 310 g/mol. The Bertz CT molecular complexity index is 674. The molecule has 0 saturated carbocycles. The smallest absolute Gasteiger partial charge is 0.169 e. The highest BCUT2D eigenvalue weighted by molar-refractivity contribution is 5.46. The molecule has 2 heterocycles. The zero-order valence-electron chi connectivity index (χ0n) is 13.4. The largest absolute Gasteiger partial charge is 0.493 e. The summed E-state index contributed by atoms with van der Waals surface area (Å²) in [7, 11) is 1.64. The fourth-order valence-electron chi connectivity index (χ4n) is 2.72. The Morgan fingerprint density at radius 2 is 1.83 bits per heavy atom. The second kappa shape index (κ2) is 7.34. The zero-order valence-corrected chi connectivity index (χ0v) is 13.4. The molecule has 0 aliphatic carbocycles. The fourth-order valence-corrected chi connectivity index (χ4v) is 2.72. The van der Waals surface area contributed by atoms with Crippen LogP contribution < -0.4 is 9.47 Å². The number of methoxy groups -OCH3 is 1. The highest BCUT2D eigenvalue weighted by Crippen LogP contribution is 2.33. The van der Waals surface area contributed by atoms with Crippen LogP contribution >= 0.6 is 0 Å². The van der Waals surface area contributed by atoms with Crippen LogP contribution in [0.15, 0.2) is 54.6 Å². The third kappa shape index (κ3) is 4.14. The lowest BCUT2D eigenvalue weighted by molar-refractivity contribution is 0.212. The maximum atomic E-state index is 10.1. The molecule has 0 aromatic heterocycles. The molecular formula is C20H22O3. The van der Waals surface area contributed by atoms with Crippen LogP contribution in [-0.2, 0) is 12.8 Å². The van der Waals surface area contributed by atoms with Gasteiger partial charge in [0.2, 0.25) is 0 Å². The quantitative estimate of drug-likeness (QED) is 0.799. The molecule has 2 aliphatic heterocycles. The molecule has 4 rings (SSSR count). The van der Waals surface area contributed by atoms with Gasteiger partial charge in [-0.1, -0.05) is 30.4 Å². The zero-order chi connectivity index (χ0) is 16.1. The van der Waals surface area contributed by atoms with E-state index < -0.39 is 6.10 Å². The first-order chi connectivity index (χ1) is 11.2. The van der Waals surface area contributed by atoms with Gasteiger partial charge in [0.15, 0.2) is 11.5 Å². The molecule has 0 fully saturated rings. The lowest BCUT2D eigenvalue weighted by Gasteiger charge is -2.13. The number of fused-ring (bicyclic) bond motifs is 7. The van der Waals surface area contributed by atoms with E-state index in [9.17, 15) is 5.11 Å². The van der Waals surface area contributed by atoms with Crippen LogP contribution in [0.4, 0.5) is 0 Å². The molecule has 1 N–H and O–H groups in total. The summed E-state index contributed by atoms with van der Waals surface area (Å²) in [6.45, 7) is 0. The van der Waals surface area contributed by atoms with Crippen LogP contribution in [0.25, 0.3) is 0 Å². The Morgan fingerprint density at radius 3 is 2.61 bits per heavy atom. The molecule has 0 saturated heterocycles. The maximum Gasteiger partial charge on any atom is 0.169 e. The minimum Gasteiger partial charge on any atom is -0.493 e. The predicted octanol–water partition coefficient (Wildman–Crippen LogP) is 4.28. The topological polar surface area (TPSA) is 38.7 Å². The second-order valence-electron chi connectivity index (χ2n) is 5.80. The van der Waals surface area contributed by atoms with E-state index in [1.54, 1.807) is 7.11 Å². The minimum absolute atomic E-state index is 0.409. The molecule has 2 aromatic rings. The first-order valence-electron chi connectivity index (χ1n) is 8.03. The molecule has 4 bridgehead atoms. The minimum atomic E-state index is -0.409. The van der Waals surface area contributed by atoms with Crippen molar-refractivity contribution in [3.05, 3.63) is 65.7 Å². The lowest BCUT2D eigenvalue weighted by atomic mass is 10.1. The summed E-state index contributed by atoms with van der Waals surface area (Å²) in [4.78, 5) is 0. The van der Waals surface area contributed by atoms with Crippen LogP contribution in [0.2, 0.25) is 0 Å². The number of aliphatic hydroxyl groups is 1. The van der Waals surface area contributed by atoms with Crippen LogP contribution in [0, 0.1) is 0 Å². The van der Waals surface area contributed by atoms with E-state index in [4.69, 9.17) is 9.47 Å². The number of benzene rings is 2. The van der Waals surface area contributed by atoms with Crippen LogP contribution in [-0.4, -0.2) is 18.3 Å². The molecule has 120 valence electrons. The Morgan fingerprint density at radius 1 is 1.04 bits per heavy atom. The van der Waals surface area contributed by atoms with Gasteiger partial charge in [0.05, 0.1) is 13.2 Å². The average Bonchev–Trinajstić information content (AvgIpc) is 2.58. The normalized spacial score (nSPS) is 19.3. The van der Waals surface area contributed by atoms with Gasteiger partial charge >= 0.3 is 0 Å². The van der Waals surface area contributed by atoms with Gasteiger partial charge in [-0.15, -0.1) is 0 Å². The van der Waals surface area contributed by atoms with Crippen molar-refractivity contribution in [3.63, 3.8) is 0 Å². The monoisotopic (exact) mass is 310 g/mol. The molecule has 0 spiro atoms. The Labute approximate surface area is 137 Å². The SMILES string of the molecule is COc1ccc2cc1Oc1ccc(cc1)CC/C=C\C(O)CC2. The Balaban J connectivity index is 1.94. The van der Waals surface area contributed by atoms with Gasteiger partial charge < -0.3 is 14.6 Å². The Kier molecular flexibility index (Phi) is 4.99. The predicted molar refractivity (Wildman–Crippen MR) is 91.3 cm³/mol. The summed E-state index contributed by atoms with van der Waals surface area (Å²) < 4.78 is 11.4. The number of rotatable bonds is 1. The molecule has 1 atom stereocenters. The van der Waals surface area contributed by atoms with Crippen molar-refractivity contribution in [1.29, 1.82) is 0 Å². The van der Waals surface area contributed by atoms with Crippen molar-refractivity contribution in [2.24, 2.45) is 0 Å². The highest BCUT2D eigenvalue weighted by Gasteiger charge is 2.09. The molecule has 3 heteroatoms. The van der Waals surface area contributed by atoms with Crippen molar-refractivity contribution in [3.8, 4) is 17.2 Å². The number of aryl methyl sites for hydroxylation is 2. The second-order valence-corrected chi connectivity index (χ2v) is 5.80. The standard InChI is InChI=1S/C20H22O3/c1-22-19-13-9-16-6-10-17(21)5-3-2-4-15-7-11-18(12-8-15)23-20(19)14-16/h3,5,7-9,11-14,17,21H,2,4,6,10H2,1H3/b5-3-. The van der Waals surface area contributed by atoms with E-state index in [2.05, 4.69) is 18.2 Å². The number of allylic oxidation sites excluding steroid dienone is 1. The summed E-state index contributed by atoms with van der Waals surface area (Å²) in [6, 6.07) is 14.1. The highest BCUT2D eigenvalue weighted by atomic mass is 16.5. The first kappa shape index (κ1) is 15.6. The molecule has 1 unspecified atom stereocenters. The molecule has 2 aromatic carbocycles. The van der Waals surface area contributed by atoms with Gasteiger partial charge in [-0.05, 0) is 61.1 Å². The summed E-state index contributed by atoms with van der Waals surface area (Å²) in [5.41, 5.74) is 2.38. The lowest BCUT2D eigenvalue weighted by Crippen LogP contribution is -2.04. The number of ether oxygens (including phenoxy) is 2. The maximum absolute atomic E-state index is 10.1. The third-order valence-electron chi connectivity index (χ3n) is 4.07. The summed E-state index contributed by atoms with van der Waals surface area (Å²) in [6.07, 6.45) is 6.94. The molecular weight excluding hydrogens is 288 g/mol. The third-order valence-corrected chi connectivity index (χ3v) is 4.07. The van der Waals surface area contributed by atoms with Crippen molar-refractivity contribution in [1.82, 2.24) is 0 Å². The number of hydrogen-bond acceptors (Lipinski definition) is 3. The van der Waals surface area contributed by atoms with Crippen LogP contribution in [0.1, 0.15) is 24.0 Å². The van der Waals surface area contributed by atoms with Gasteiger partial charge in [0, 0.05) is 0 Å². The Hall–Kier alpha value is -2.26. The van der Waals surface area contributed by atoms with Crippen LogP contribution in [0.5, 0.6) is 17.2 Å². The van der Waals surface area contributed by atoms with Crippen molar-refractivity contribution >= 4 is 0 Å². The van der Waals surface area contributed by atoms with E-state index in [0.717, 1.165) is 30.6 Å². The van der Waals surface area contributed by atoms with Crippen molar-refractivity contribution in [2.45, 2.75) is 31.8 Å². The molecule has 23 heavy (non-hydrogen) atoms. The summed E-state index contributed by atoms with van der Waals surface area (Å²) >= 11 is 0. The van der Waals surface area contributed by atoms with Gasteiger partial charge in [-0.2, -0.15) is 0 Å². The molecule has 0 radical (unpaired) electrons. The summed E-state index contributed by atoms with van der Waals surface area (Å²) in [5.74, 6) is 2.22. The van der Waals surface area contributed by atoms with Crippen LogP contribution in [0.3, 0.4) is 0 Å². The van der Waals surface area contributed by atoms with E-state index in [0.29, 0.717) is 17.9 Å². The van der Waals surface area contributed by atoms with Gasteiger partial charge in [0.25, 0.3) is 0 Å². The summed E-state index contributed by atoms with van der Waals surface area (Å²) in [5, 5.41) is 10.1. The molecule has 3 nitrogen and oxygen atoms in total. The van der Waals surface area contributed by atoms with Crippen molar-refractivity contribution < 1.29 is 14.6 Å². The van der Waals surface area contributed by atoms with E-state index in [1.807, 2.05) is 36.4 Å². The molecule has 2 aliphatic rings. The number of hydrogen-bond donors (Lipinski definition) is 1. The van der Waals surface area contributed by atoms with Gasteiger partial charge in [0.1, 0.15) is 5.75 Å². The van der Waals surface area contributed by atoms with E-state index in [-0.39, 0.29) is 0 Å². The van der Waals surface area contributed by atoms with Gasteiger partial charge in [-0.25, -0.2) is 0 Å². The molecule has 0 amide bonds. The van der Waals surface area contributed by atoms with E-state index >= 15 is 0 Å². The number of aliphatic hydroxyl groups excluding tert-OH is 1. The first-order valence-corrected chi connectivity index (χ1v) is 8.03.